The molecular formula is C18H17BrN2O6S. The summed E-state index contributed by atoms with van der Waals surface area (Å²) in [5.41, 5.74) is 0.748. The summed E-state index contributed by atoms with van der Waals surface area (Å²) in [7, 11) is -3.89. The first-order valence-corrected chi connectivity index (χ1v) is 10.6. The van der Waals surface area contributed by atoms with Gasteiger partial charge in [-0.05, 0) is 36.8 Å². The van der Waals surface area contributed by atoms with Gasteiger partial charge in [-0.15, -0.1) is 0 Å². The zero-order valence-corrected chi connectivity index (χ0v) is 17.2. The fourth-order valence-corrected chi connectivity index (χ4v) is 3.98. The SMILES string of the molecule is CCCOC(=O)Cn1c(=O)oc2cc(S(=O)(=O)Nc3cccc(Br)c3)ccc21. The molecule has 1 heterocycles. The Hall–Kier alpha value is -2.59. The summed E-state index contributed by atoms with van der Waals surface area (Å²) < 4.78 is 39.6. The molecule has 3 rings (SSSR count). The van der Waals surface area contributed by atoms with E-state index in [1.54, 1.807) is 24.3 Å². The van der Waals surface area contributed by atoms with Gasteiger partial charge in [0.1, 0.15) is 6.54 Å². The van der Waals surface area contributed by atoms with Gasteiger partial charge in [-0.2, -0.15) is 0 Å². The molecule has 10 heteroatoms. The summed E-state index contributed by atoms with van der Waals surface area (Å²) >= 11 is 3.28. The average Bonchev–Trinajstić information content (AvgIpc) is 2.94. The largest absolute Gasteiger partial charge is 0.464 e. The molecule has 1 N–H and O–H groups in total. The number of anilines is 1. The lowest BCUT2D eigenvalue weighted by atomic mass is 10.3. The van der Waals surface area contributed by atoms with Crippen molar-refractivity contribution in [1.82, 2.24) is 4.57 Å². The molecule has 0 fully saturated rings. The highest BCUT2D eigenvalue weighted by Gasteiger charge is 2.19. The number of aromatic nitrogens is 1. The Balaban J connectivity index is 1.90. The predicted molar refractivity (Wildman–Crippen MR) is 107 cm³/mol. The second-order valence-electron chi connectivity index (χ2n) is 5.92. The van der Waals surface area contributed by atoms with Gasteiger partial charge in [-0.3, -0.25) is 14.1 Å². The van der Waals surface area contributed by atoms with E-state index >= 15 is 0 Å². The molecule has 148 valence electrons. The number of halogens is 1. The van der Waals surface area contributed by atoms with E-state index in [0.29, 0.717) is 17.6 Å². The maximum atomic E-state index is 12.6. The third-order valence-electron chi connectivity index (χ3n) is 3.78. The van der Waals surface area contributed by atoms with Gasteiger partial charge in [0.05, 0.1) is 17.0 Å². The van der Waals surface area contributed by atoms with Crippen molar-refractivity contribution in [2.45, 2.75) is 24.8 Å². The molecule has 0 aliphatic rings. The monoisotopic (exact) mass is 468 g/mol. The number of sulfonamides is 1. The Kier molecular flexibility index (Phi) is 5.90. The van der Waals surface area contributed by atoms with E-state index in [1.165, 1.54) is 18.2 Å². The number of ether oxygens (including phenoxy) is 1. The number of oxazole rings is 1. The number of esters is 1. The Morgan fingerprint density at radius 2 is 2.04 bits per heavy atom. The van der Waals surface area contributed by atoms with Gasteiger partial charge in [0.15, 0.2) is 5.58 Å². The zero-order valence-electron chi connectivity index (χ0n) is 14.8. The van der Waals surface area contributed by atoms with Crippen molar-refractivity contribution in [3.8, 4) is 0 Å². The van der Waals surface area contributed by atoms with E-state index in [2.05, 4.69) is 20.7 Å². The van der Waals surface area contributed by atoms with Crippen LogP contribution >= 0.6 is 15.9 Å². The first-order valence-electron chi connectivity index (χ1n) is 8.37. The van der Waals surface area contributed by atoms with Crippen LogP contribution in [0.3, 0.4) is 0 Å². The molecule has 0 saturated heterocycles. The molecule has 0 spiro atoms. The van der Waals surface area contributed by atoms with Crippen molar-refractivity contribution in [1.29, 1.82) is 0 Å². The lowest BCUT2D eigenvalue weighted by molar-refractivity contribution is -0.144. The molecule has 0 aliphatic carbocycles. The van der Waals surface area contributed by atoms with Crippen molar-refractivity contribution < 1.29 is 22.4 Å². The van der Waals surface area contributed by atoms with Crippen molar-refractivity contribution in [2.24, 2.45) is 0 Å². The molecule has 0 radical (unpaired) electrons. The van der Waals surface area contributed by atoms with E-state index in [9.17, 15) is 18.0 Å². The summed E-state index contributed by atoms with van der Waals surface area (Å²) in [4.78, 5) is 23.8. The molecule has 0 bridgehead atoms. The molecule has 0 unspecified atom stereocenters. The fraction of sp³-hybridized carbons (Fsp3) is 0.222. The van der Waals surface area contributed by atoms with Gasteiger partial charge in [0, 0.05) is 16.2 Å². The van der Waals surface area contributed by atoms with Gasteiger partial charge >= 0.3 is 11.7 Å². The molecule has 8 nitrogen and oxygen atoms in total. The summed E-state index contributed by atoms with van der Waals surface area (Å²) in [6.07, 6.45) is 0.666. The Bertz CT molecular complexity index is 1180. The summed E-state index contributed by atoms with van der Waals surface area (Å²) in [5.74, 6) is -1.34. The number of nitrogens with zero attached hydrogens (tertiary/aromatic N) is 1. The maximum absolute atomic E-state index is 12.6. The van der Waals surface area contributed by atoms with Crippen LogP contribution in [0.15, 0.2) is 61.0 Å². The van der Waals surface area contributed by atoms with E-state index in [-0.39, 0.29) is 23.6 Å². The molecular weight excluding hydrogens is 452 g/mol. The minimum Gasteiger partial charge on any atom is -0.464 e. The van der Waals surface area contributed by atoms with Gasteiger partial charge in [0.2, 0.25) is 0 Å². The van der Waals surface area contributed by atoms with Gasteiger partial charge < -0.3 is 9.15 Å². The van der Waals surface area contributed by atoms with Crippen molar-refractivity contribution in [3.63, 3.8) is 0 Å². The highest BCUT2D eigenvalue weighted by atomic mass is 79.9. The molecule has 2 aromatic carbocycles. The number of fused-ring (bicyclic) bond motifs is 1. The van der Waals surface area contributed by atoms with Gasteiger partial charge in [0.25, 0.3) is 10.0 Å². The van der Waals surface area contributed by atoms with E-state index < -0.39 is 21.7 Å². The summed E-state index contributed by atoms with van der Waals surface area (Å²) in [6, 6.07) is 10.7. The molecule has 0 amide bonds. The maximum Gasteiger partial charge on any atom is 0.420 e. The quantitative estimate of drug-likeness (QED) is 0.533. The zero-order chi connectivity index (χ0) is 20.3. The highest BCUT2D eigenvalue weighted by Crippen LogP contribution is 2.23. The number of carbonyl (C=O) groups excluding carboxylic acids is 1. The first-order chi connectivity index (χ1) is 13.3. The van der Waals surface area contributed by atoms with Crippen LogP contribution in [0.4, 0.5) is 5.69 Å². The number of hydrogen-bond donors (Lipinski definition) is 1. The van der Waals surface area contributed by atoms with Crippen LogP contribution < -0.4 is 10.5 Å². The fourth-order valence-electron chi connectivity index (χ4n) is 2.52. The third-order valence-corrected chi connectivity index (χ3v) is 5.65. The highest BCUT2D eigenvalue weighted by molar-refractivity contribution is 9.10. The van der Waals surface area contributed by atoms with Crippen molar-refractivity contribution in [2.75, 3.05) is 11.3 Å². The number of hydrogen-bond acceptors (Lipinski definition) is 6. The Morgan fingerprint density at radius 1 is 1.25 bits per heavy atom. The molecule has 0 atom stereocenters. The normalized spacial score (nSPS) is 11.5. The van der Waals surface area contributed by atoms with Crippen LogP contribution in [0.2, 0.25) is 0 Å². The third kappa shape index (κ3) is 4.45. The van der Waals surface area contributed by atoms with Crippen LogP contribution in [0.25, 0.3) is 11.1 Å². The number of benzene rings is 2. The van der Waals surface area contributed by atoms with E-state index in [1.807, 2.05) is 6.92 Å². The summed E-state index contributed by atoms with van der Waals surface area (Å²) in [5, 5.41) is 0. The van der Waals surface area contributed by atoms with Gasteiger partial charge in [-0.1, -0.05) is 28.9 Å². The lowest BCUT2D eigenvalue weighted by Gasteiger charge is -2.08. The van der Waals surface area contributed by atoms with Crippen LogP contribution in [0.1, 0.15) is 13.3 Å². The van der Waals surface area contributed by atoms with Gasteiger partial charge in [-0.25, -0.2) is 13.2 Å². The molecule has 1 aromatic heterocycles. The van der Waals surface area contributed by atoms with Crippen molar-refractivity contribution >= 4 is 48.7 Å². The number of carbonyl (C=O) groups is 1. The first kappa shape index (κ1) is 20.2. The minimum absolute atomic E-state index is 0.0606. The number of rotatable bonds is 7. The standard InChI is InChI=1S/C18H17BrN2O6S/c1-2-8-26-17(22)11-21-15-7-6-14(10-16(15)27-18(21)23)28(24,25)20-13-5-3-4-12(19)9-13/h3-7,9-10,20H,2,8,11H2,1H3. The van der Waals surface area contributed by atoms with E-state index in [0.717, 1.165) is 9.04 Å². The molecule has 3 aromatic rings. The van der Waals surface area contributed by atoms with Crippen molar-refractivity contribution in [3.05, 3.63) is 57.5 Å². The summed E-state index contributed by atoms with van der Waals surface area (Å²) in [6.45, 7) is 1.80. The minimum atomic E-state index is -3.89. The predicted octanol–water partition coefficient (Wildman–Crippen LogP) is 3.11. The Morgan fingerprint density at radius 3 is 2.75 bits per heavy atom. The molecule has 28 heavy (non-hydrogen) atoms. The molecule has 0 aliphatic heterocycles. The topological polar surface area (TPSA) is 108 Å². The smallest absolute Gasteiger partial charge is 0.420 e. The van der Waals surface area contributed by atoms with Crippen LogP contribution in [0, 0.1) is 0 Å². The van der Waals surface area contributed by atoms with Crippen LogP contribution in [-0.2, 0) is 26.1 Å². The van der Waals surface area contributed by atoms with Crippen LogP contribution in [0.5, 0.6) is 0 Å². The van der Waals surface area contributed by atoms with E-state index in [4.69, 9.17) is 9.15 Å². The molecule has 0 saturated carbocycles. The number of nitrogens with one attached hydrogen (secondary N) is 1. The van der Waals surface area contributed by atoms with Crippen LogP contribution in [-0.4, -0.2) is 25.6 Å². The second kappa shape index (κ2) is 8.19. The second-order valence-corrected chi connectivity index (χ2v) is 8.52. The lowest BCUT2D eigenvalue weighted by Crippen LogP contribution is -2.21. The average molecular weight is 469 g/mol. The Labute approximate surface area is 169 Å².